The maximum atomic E-state index is 11.7. The Morgan fingerprint density at radius 2 is 2.00 bits per heavy atom. The third kappa shape index (κ3) is 2.13. The molecule has 1 atom stereocenters. The number of hydrogen-bond acceptors (Lipinski definition) is 1. The first-order chi connectivity index (χ1) is 6.81. The number of rotatable bonds is 2. The van der Waals surface area contributed by atoms with E-state index in [2.05, 4.69) is 20.8 Å². The standard InChI is InChI=1S/C11H18BrNO/c12-7-9-6-11(14)13(8-9)10-4-2-1-3-5-10/h9-10H,1-8H2. The molecular formula is C11H18BrNO. The zero-order valence-electron chi connectivity index (χ0n) is 8.54. The van der Waals surface area contributed by atoms with E-state index in [1.165, 1.54) is 32.1 Å². The molecule has 2 rings (SSSR count). The molecule has 2 nitrogen and oxygen atoms in total. The van der Waals surface area contributed by atoms with Crippen LogP contribution in [0.3, 0.4) is 0 Å². The third-order valence-corrected chi connectivity index (χ3v) is 4.39. The van der Waals surface area contributed by atoms with Crippen LogP contribution in [0.1, 0.15) is 38.5 Å². The van der Waals surface area contributed by atoms with E-state index >= 15 is 0 Å². The Bertz CT molecular complexity index is 213. The molecule has 3 heteroatoms. The Kier molecular flexibility index (Phi) is 3.47. The minimum Gasteiger partial charge on any atom is -0.339 e. The quantitative estimate of drug-likeness (QED) is 0.699. The van der Waals surface area contributed by atoms with Gasteiger partial charge in [0.15, 0.2) is 0 Å². The van der Waals surface area contributed by atoms with Crippen molar-refractivity contribution in [3.05, 3.63) is 0 Å². The van der Waals surface area contributed by atoms with Gasteiger partial charge < -0.3 is 4.90 Å². The van der Waals surface area contributed by atoms with Gasteiger partial charge in [-0.25, -0.2) is 0 Å². The largest absolute Gasteiger partial charge is 0.339 e. The Morgan fingerprint density at radius 1 is 1.29 bits per heavy atom. The summed E-state index contributed by atoms with van der Waals surface area (Å²) < 4.78 is 0. The second kappa shape index (κ2) is 4.65. The third-order valence-electron chi connectivity index (χ3n) is 3.47. The van der Waals surface area contributed by atoms with Crippen LogP contribution in [0.2, 0.25) is 0 Å². The van der Waals surface area contributed by atoms with Gasteiger partial charge in [0, 0.05) is 24.3 Å². The number of carbonyl (C=O) groups is 1. The summed E-state index contributed by atoms with van der Waals surface area (Å²) in [4.78, 5) is 13.9. The van der Waals surface area contributed by atoms with E-state index in [0.717, 1.165) is 18.3 Å². The number of nitrogens with zero attached hydrogens (tertiary/aromatic N) is 1. The molecule has 1 unspecified atom stereocenters. The van der Waals surface area contributed by atoms with Crippen molar-refractivity contribution in [1.82, 2.24) is 4.90 Å². The Balaban J connectivity index is 1.93. The monoisotopic (exact) mass is 259 g/mol. The summed E-state index contributed by atoms with van der Waals surface area (Å²) in [5, 5.41) is 0.974. The van der Waals surface area contributed by atoms with E-state index in [1.54, 1.807) is 0 Å². The first-order valence-electron chi connectivity index (χ1n) is 5.66. The summed E-state index contributed by atoms with van der Waals surface area (Å²) in [6.45, 7) is 0.995. The van der Waals surface area contributed by atoms with E-state index in [1.807, 2.05) is 0 Å². The number of hydrogen-bond donors (Lipinski definition) is 0. The van der Waals surface area contributed by atoms with E-state index < -0.39 is 0 Å². The van der Waals surface area contributed by atoms with Crippen LogP contribution in [0.4, 0.5) is 0 Å². The zero-order chi connectivity index (χ0) is 9.97. The molecule has 0 spiro atoms. The molecule has 0 aromatic rings. The number of amides is 1. The van der Waals surface area contributed by atoms with Crippen LogP contribution in [-0.2, 0) is 4.79 Å². The van der Waals surface area contributed by atoms with Crippen molar-refractivity contribution in [3.8, 4) is 0 Å². The molecule has 14 heavy (non-hydrogen) atoms. The highest BCUT2D eigenvalue weighted by atomic mass is 79.9. The average molecular weight is 260 g/mol. The highest BCUT2D eigenvalue weighted by Crippen LogP contribution is 2.29. The van der Waals surface area contributed by atoms with Gasteiger partial charge in [-0.3, -0.25) is 4.79 Å². The molecule has 0 bridgehead atoms. The lowest BCUT2D eigenvalue weighted by molar-refractivity contribution is -0.130. The Morgan fingerprint density at radius 3 is 2.57 bits per heavy atom. The summed E-state index contributed by atoms with van der Waals surface area (Å²) >= 11 is 3.48. The molecule has 1 aliphatic carbocycles. The van der Waals surface area contributed by atoms with E-state index in [0.29, 0.717) is 17.9 Å². The minimum absolute atomic E-state index is 0.390. The predicted molar refractivity (Wildman–Crippen MR) is 60.5 cm³/mol. The van der Waals surface area contributed by atoms with Gasteiger partial charge in [-0.1, -0.05) is 35.2 Å². The van der Waals surface area contributed by atoms with Crippen molar-refractivity contribution in [1.29, 1.82) is 0 Å². The molecule has 2 fully saturated rings. The second-order valence-electron chi connectivity index (χ2n) is 4.56. The van der Waals surface area contributed by atoms with Gasteiger partial charge in [0.25, 0.3) is 0 Å². The molecule has 1 saturated carbocycles. The molecule has 2 aliphatic rings. The van der Waals surface area contributed by atoms with Crippen LogP contribution in [0.15, 0.2) is 0 Å². The SMILES string of the molecule is O=C1CC(CBr)CN1C1CCCCC1. The van der Waals surface area contributed by atoms with Crippen LogP contribution < -0.4 is 0 Å². The van der Waals surface area contributed by atoms with Gasteiger partial charge in [-0.15, -0.1) is 0 Å². The number of halogens is 1. The van der Waals surface area contributed by atoms with Gasteiger partial charge in [0.1, 0.15) is 0 Å². The molecule has 0 radical (unpaired) electrons. The fraction of sp³-hybridized carbons (Fsp3) is 0.909. The van der Waals surface area contributed by atoms with Crippen molar-refractivity contribution in [2.24, 2.45) is 5.92 Å². The summed E-state index contributed by atoms with van der Waals surface area (Å²) in [6.07, 6.45) is 7.23. The lowest BCUT2D eigenvalue weighted by atomic mass is 9.94. The van der Waals surface area contributed by atoms with Gasteiger partial charge in [-0.2, -0.15) is 0 Å². The zero-order valence-corrected chi connectivity index (χ0v) is 10.1. The highest BCUT2D eigenvalue weighted by Gasteiger charge is 2.33. The fourth-order valence-electron chi connectivity index (χ4n) is 2.66. The molecule has 1 aliphatic heterocycles. The average Bonchev–Trinajstić information content (AvgIpc) is 2.61. The second-order valence-corrected chi connectivity index (χ2v) is 5.21. The number of alkyl halides is 1. The van der Waals surface area contributed by atoms with Gasteiger partial charge >= 0.3 is 0 Å². The van der Waals surface area contributed by atoms with Crippen molar-refractivity contribution >= 4 is 21.8 Å². The van der Waals surface area contributed by atoms with Crippen LogP contribution >= 0.6 is 15.9 Å². The summed E-state index contributed by atoms with van der Waals surface area (Å²) in [7, 11) is 0. The molecule has 0 aromatic carbocycles. The van der Waals surface area contributed by atoms with Crippen molar-refractivity contribution in [3.63, 3.8) is 0 Å². The lowest BCUT2D eigenvalue weighted by Crippen LogP contribution is -2.37. The highest BCUT2D eigenvalue weighted by molar-refractivity contribution is 9.09. The molecule has 1 heterocycles. The van der Waals surface area contributed by atoms with E-state index in [-0.39, 0.29) is 0 Å². The molecule has 0 N–H and O–H groups in total. The maximum Gasteiger partial charge on any atom is 0.223 e. The van der Waals surface area contributed by atoms with Crippen molar-refractivity contribution in [2.75, 3.05) is 11.9 Å². The summed E-state index contributed by atoms with van der Waals surface area (Å²) in [5.74, 6) is 0.950. The van der Waals surface area contributed by atoms with Crippen molar-refractivity contribution < 1.29 is 4.79 Å². The molecule has 1 amide bonds. The normalized spacial score (nSPS) is 29.9. The summed E-state index contributed by atoms with van der Waals surface area (Å²) in [6, 6.07) is 0.570. The topological polar surface area (TPSA) is 20.3 Å². The smallest absolute Gasteiger partial charge is 0.223 e. The first-order valence-corrected chi connectivity index (χ1v) is 6.79. The van der Waals surface area contributed by atoms with Gasteiger partial charge in [0.05, 0.1) is 0 Å². The maximum absolute atomic E-state index is 11.7. The molecule has 1 saturated heterocycles. The molecular weight excluding hydrogens is 242 g/mol. The molecule has 80 valence electrons. The van der Waals surface area contributed by atoms with Crippen LogP contribution in [0, 0.1) is 5.92 Å². The van der Waals surface area contributed by atoms with Gasteiger partial charge in [0.2, 0.25) is 5.91 Å². The van der Waals surface area contributed by atoms with Gasteiger partial charge in [-0.05, 0) is 18.8 Å². The van der Waals surface area contributed by atoms with Crippen molar-refractivity contribution in [2.45, 2.75) is 44.6 Å². The number of likely N-dealkylation sites (tertiary alicyclic amines) is 1. The summed E-state index contributed by atoms with van der Waals surface area (Å²) in [5.41, 5.74) is 0. The first kappa shape index (κ1) is 10.5. The number of carbonyl (C=O) groups excluding carboxylic acids is 1. The predicted octanol–water partition coefficient (Wildman–Crippen LogP) is 2.56. The Hall–Kier alpha value is -0.0500. The molecule has 0 aromatic heterocycles. The Labute approximate surface area is 94.2 Å². The van der Waals surface area contributed by atoms with E-state index in [4.69, 9.17) is 0 Å². The lowest BCUT2D eigenvalue weighted by Gasteiger charge is -2.31. The van der Waals surface area contributed by atoms with E-state index in [9.17, 15) is 4.79 Å². The van der Waals surface area contributed by atoms with Crippen LogP contribution in [-0.4, -0.2) is 28.7 Å². The minimum atomic E-state index is 0.390. The van der Waals surface area contributed by atoms with Crippen LogP contribution in [0.5, 0.6) is 0 Å². The van der Waals surface area contributed by atoms with Crippen LogP contribution in [0.25, 0.3) is 0 Å². The fourth-order valence-corrected chi connectivity index (χ4v) is 3.09.